The molecule has 1 N–H and O–H groups in total. The molecule has 0 unspecified atom stereocenters. The summed E-state index contributed by atoms with van der Waals surface area (Å²) in [4.78, 5) is 10.6. The first-order chi connectivity index (χ1) is 9.88. The first-order valence-corrected chi connectivity index (χ1v) is 6.46. The number of halogens is 3. The molecule has 21 heavy (non-hydrogen) atoms. The third-order valence-corrected chi connectivity index (χ3v) is 3.29. The largest absolute Gasteiger partial charge is 0.433 e. The Hall–Kier alpha value is -2.31. The van der Waals surface area contributed by atoms with Crippen LogP contribution in [0, 0.1) is 0 Å². The van der Waals surface area contributed by atoms with E-state index in [1.165, 1.54) is 12.4 Å². The van der Waals surface area contributed by atoms with Crippen molar-refractivity contribution in [3.63, 3.8) is 0 Å². The van der Waals surface area contributed by atoms with E-state index in [0.717, 1.165) is 11.8 Å². The molecule has 0 aliphatic carbocycles. The predicted octanol–water partition coefficient (Wildman–Crippen LogP) is 3.89. The number of hydrogen-bond acceptors (Lipinski definition) is 2. The van der Waals surface area contributed by atoms with Crippen LogP contribution in [-0.2, 0) is 6.18 Å². The molecule has 4 nitrogen and oxygen atoms in total. The van der Waals surface area contributed by atoms with Crippen LogP contribution >= 0.6 is 0 Å². The van der Waals surface area contributed by atoms with E-state index in [9.17, 15) is 13.2 Å². The molecule has 0 aliphatic heterocycles. The van der Waals surface area contributed by atoms with Gasteiger partial charge in [0.05, 0.1) is 12.5 Å². The number of fused-ring (bicyclic) bond motifs is 1. The van der Waals surface area contributed by atoms with E-state index in [4.69, 9.17) is 0 Å². The van der Waals surface area contributed by atoms with Gasteiger partial charge >= 0.3 is 6.18 Å². The Bertz CT molecular complexity index is 769. The first kappa shape index (κ1) is 13.7. The molecule has 0 amide bonds. The molecule has 3 aromatic heterocycles. The highest BCUT2D eigenvalue weighted by atomic mass is 19.4. The highest BCUT2D eigenvalue weighted by Gasteiger charge is 2.33. The minimum atomic E-state index is -4.46. The van der Waals surface area contributed by atoms with Gasteiger partial charge in [-0.25, -0.2) is 9.97 Å². The van der Waals surface area contributed by atoms with Gasteiger partial charge < -0.3 is 4.98 Å². The molecular weight excluding hydrogens is 281 g/mol. The van der Waals surface area contributed by atoms with Crippen LogP contribution in [-0.4, -0.2) is 19.5 Å². The fourth-order valence-corrected chi connectivity index (χ4v) is 2.30. The van der Waals surface area contributed by atoms with Crippen molar-refractivity contribution < 1.29 is 13.2 Å². The molecule has 3 rings (SSSR count). The highest BCUT2D eigenvalue weighted by molar-refractivity contribution is 5.79. The molecule has 0 saturated heterocycles. The van der Waals surface area contributed by atoms with Crippen molar-refractivity contribution in [1.29, 1.82) is 0 Å². The molecule has 3 heterocycles. The van der Waals surface area contributed by atoms with Crippen LogP contribution in [0.3, 0.4) is 0 Å². The summed E-state index contributed by atoms with van der Waals surface area (Å²) in [5.41, 5.74) is 0.253. The van der Waals surface area contributed by atoms with Crippen molar-refractivity contribution in [2.45, 2.75) is 25.9 Å². The fourth-order valence-electron chi connectivity index (χ4n) is 2.30. The molecule has 0 spiro atoms. The van der Waals surface area contributed by atoms with Crippen LogP contribution in [0.1, 0.15) is 31.2 Å². The Morgan fingerprint density at radius 2 is 2.00 bits per heavy atom. The van der Waals surface area contributed by atoms with Gasteiger partial charge in [0.2, 0.25) is 0 Å². The Kier molecular flexibility index (Phi) is 3.00. The van der Waals surface area contributed by atoms with Crippen LogP contribution in [0.4, 0.5) is 13.2 Å². The quantitative estimate of drug-likeness (QED) is 0.779. The van der Waals surface area contributed by atoms with Gasteiger partial charge in [0.15, 0.2) is 0 Å². The zero-order valence-corrected chi connectivity index (χ0v) is 11.4. The smallest absolute Gasteiger partial charge is 0.331 e. The summed E-state index contributed by atoms with van der Waals surface area (Å²) >= 11 is 0. The molecule has 0 fully saturated rings. The van der Waals surface area contributed by atoms with E-state index in [1.807, 2.05) is 19.9 Å². The summed E-state index contributed by atoms with van der Waals surface area (Å²) in [6.07, 6.45) is -1.42. The molecule has 0 aromatic carbocycles. The van der Waals surface area contributed by atoms with Gasteiger partial charge in [-0.05, 0) is 24.1 Å². The summed E-state index contributed by atoms with van der Waals surface area (Å²) in [5, 5.41) is 0.668. The van der Waals surface area contributed by atoms with Crippen molar-refractivity contribution in [3.05, 3.63) is 42.1 Å². The maximum Gasteiger partial charge on any atom is 0.433 e. The number of imidazole rings is 1. The van der Waals surface area contributed by atoms with E-state index < -0.39 is 11.9 Å². The standard InChI is InChI=1S/C14H13F3N4/c1-8(2)10-5-9-3-4-11(14(15,16)17)20-13(9)21(10)12-6-18-7-19-12/h3-8H,1-2H3,(H,18,19). The molecule has 110 valence electrons. The molecule has 7 heteroatoms. The summed E-state index contributed by atoms with van der Waals surface area (Å²) in [5.74, 6) is 0.734. The number of nitrogens with one attached hydrogen (secondary N) is 1. The lowest BCUT2D eigenvalue weighted by Gasteiger charge is -2.11. The van der Waals surface area contributed by atoms with E-state index in [0.29, 0.717) is 11.2 Å². The predicted molar refractivity (Wildman–Crippen MR) is 72.3 cm³/mol. The number of aromatic nitrogens is 4. The zero-order chi connectivity index (χ0) is 15.2. The Balaban J connectivity index is 2.32. The van der Waals surface area contributed by atoms with Gasteiger partial charge in [0.25, 0.3) is 0 Å². The molecule has 3 aromatic rings. The first-order valence-electron chi connectivity index (χ1n) is 6.46. The SMILES string of the molecule is CC(C)c1cc2ccc(C(F)(F)F)nc2n1-c1cnc[nH]1. The maximum absolute atomic E-state index is 12.9. The van der Waals surface area contributed by atoms with Crippen LogP contribution in [0.25, 0.3) is 16.9 Å². The van der Waals surface area contributed by atoms with Crippen molar-refractivity contribution in [2.75, 3.05) is 0 Å². The molecule has 0 aliphatic rings. The second-order valence-corrected chi connectivity index (χ2v) is 5.10. The zero-order valence-electron chi connectivity index (χ0n) is 11.4. The average Bonchev–Trinajstić information content (AvgIpc) is 3.03. The Morgan fingerprint density at radius 3 is 2.57 bits per heavy atom. The third kappa shape index (κ3) is 2.28. The Labute approximate surface area is 118 Å². The van der Waals surface area contributed by atoms with E-state index in [-0.39, 0.29) is 11.6 Å². The van der Waals surface area contributed by atoms with Gasteiger partial charge in [0.1, 0.15) is 17.2 Å². The molecular formula is C14H13F3N4. The number of H-pyrrole nitrogens is 1. The van der Waals surface area contributed by atoms with Crippen molar-refractivity contribution >= 4 is 11.0 Å². The highest BCUT2D eigenvalue weighted by Crippen LogP contribution is 2.32. The minimum Gasteiger partial charge on any atom is -0.331 e. The number of alkyl halides is 3. The lowest BCUT2D eigenvalue weighted by molar-refractivity contribution is -0.141. The number of hydrogen-bond donors (Lipinski definition) is 1. The van der Waals surface area contributed by atoms with E-state index in [1.54, 1.807) is 10.8 Å². The van der Waals surface area contributed by atoms with Crippen LogP contribution < -0.4 is 0 Å². The lowest BCUT2D eigenvalue weighted by atomic mass is 10.1. The average molecular weight is 294 g/mol. The van der Waals surface area contributed by atoms with E-state index >= 15 is 0 Å². The summed E-state index contributed by atoms with van der Waals surface area (Å²) in [6, 6.07) is 4.31. The minimum absolute atomic E-state index is 0.136. The number of rotatable bonds is 2. The second-order valence-electron chi connectivity index (χ2n) is 5.10. The lowest BCUT2D eigenvalue weighted by Crippen LogP contribution is -2.09. The van der Waals surface area contributed by atoms with Crippen molar-refractivity contribution in [3.8, 4) is 5.82 Å². The van der Waals surface area contributed by atoms with Gasteiger partial charge in [0, 0.05) is 11.1 Å². The van der Waals surface area contributed by atoms with Crippen molar-refractivity contribution in [1.82, 2.24) is 19.5 Å². The number of aromatic amines is 1. The monoisotopic (exact) mass is 294 g/mol. The molecule has 0 saturated carbocycles. The normalized spacial score (nSPS) is 12.5. The van der Waals surface area contributed by atoms with Gasteiger partial charge in [-0.15, -0.1) is 0 Å². The molecule has 0 radical (unpaired) electrons. The van der Waals surface area contributed by atoms with Crippen LogP contribution in [0.2, 0.25) is 0 Å². The number of pyridine rings is 1. The molecule has 0 bridgehead atoms. The van der Waals surface area contributed by atoms with Crippen LogP contribution in [0.15, 0.2) is 30.7 Å². The summed E-state index contributed by atoms with van der Waals surface area (Å²) in [7, 11) is 0. The van der Waals surface area contributed by atoms with Gasteiger partial charge in [-0.2, -0.15) is 13.2 Å². The number of nitrogens with zero attached hydrogens (tertiary/aromatic N) is 3. The topological polar surface area (TPSA) is 46.5 Å². The van der Waals surface area contributed by atoms with E-state index in [2.05, 4.69) is 15.0 Å². The summed E-state index contributed by atoms with van der Waals surface area (Å²) < 4.78 is 40.3. The summed E-state index contributed by atoms with van der Waals surface area (Å²) in [6.45, 7) is 3.96. The van der Waals surface area contributed by atoms with Crippen LogP contribution in [0.5, 0.6) is 0 Å². The second kappa shape index (κ2) is 4.61. The Morgan fingerprint density at radius 1 is 1.24 bits per heavy atom. The van der Waals surface area contributed by atoms with Gasteiger partial charge in [-0.3, -0.25) is 4.57 Å². The maximum atomic E-state index is 12.9. The third-order valence-electron chi connectivity index (χ3n) is 3.29. The fraction of sp³-hybridized carbons (Fsp3) is 0.286. The van der Waals surface area contributed by atoms with Crippen molar-refractivity contribution in [2.24, 2.45) is 0 Å². The van der Waals surface area contributed by atoms with Gasteiger partial charge in [-0.1, -0.05) is 13.8 Å². The molecule has 0 atom stereocenters.